The van der Waals surface area contributed by atoms with Gasteiger partial charge in [-0.2, -0.15) is 10.2 Å². The second-order valence-electron chi connectivity index (χ2n) is 7.43. The van der Waals surface area contributed by atoms with Crippen molar-refractivity contribution in [3.8, 4) is 0 Å². The zero-order valence-corrected chi connectivity index (χ0v) is 19.0. The van der Waals surface area contributed by atoms with E-state index in [1.807, 2.05) is 36.7 Å². The third-order valence-corrected chi connectivity index (χ3v) is 5.94. The van der Waals surface area contributed by atoms with Crippen LogP contribution in [-0.2, 0) is 13.1 Å². The lowest BCUT2D eigenvalue weighted by atomic mass is 10.1. The SMILES string of the molecule is Cc1nn(Cc2cccc(C(=O)Nc3ccn(Cc4ccc(F)cc4Cl)n3)c2)c(C)c1Cl. The predicted octanol–water partition coefficient (Wildman–Crippen LogP) is 5.49. The zero-order chi connectivity index (χ0) is 22.8. The summed E-state index contributed by atoms with van der Waals surface area (Å²) in [5.74, 6) is -0.261. The third-order valence-electron chi connectivity index (χ3n) is 5.04. The molecule has 1 N–H and O–H groups in total. The summed E-state index contributed by atoms with van der Waals surface area (Å²) in [6.45, 7) is 4.64. The van der Waals surface area contributed by atoms with Crippen molar-refractivity contribution < 1.29 is 9.18 Å². The quantitative estimate of drug-likeness (QED) is 0.404. The highest BCUT2D eigenvalue weighted by Gasteiger charge is 2.12. The van der Waals surface area contributed by atoms with Crippen LogP contribution in [0, 0.1) is 19.7 Å². The molecule has 2 aromatic heterocycles. The molecule has 1 amide bonds. The van der Waals surface area contributed by atoms with Crippen LogP contribution < -0.4 is 5.32 Å². The van der Waals surface area contributed by atoms with Crippen LogP contribution in [0.2, 0.25) is 10.0 Å². The minimum Gasteiger partial charge on any atom is -0.305 e. The van der Waals surface area contributed by atoms with Gasteiger partial charge in [0.15, 0.2) is 5.82 Å². The molecule has 2 aromatic carbocycles. The van der Waals surface area contributed by atoms with Crippen LogP contribution in [0.25, 0.3) is 0 Å². The Balaban J connectivity index is 1.44. The number of nitrogens with one attached hydrogen (secondary N) is 1. The Morgan fingerprint density at radius 1 is 1.06 bits per heavy atom. The van der Waals surface area contributed by atoms with Gasteiger partial charge < -0.3 is 5.32 Å². The average molecular weight is 472 g/mol. The first-order chi connectivity index (χ1) is 15.3. The van der Waals surface area contributed by atoms with Gasteiger partial charge in [0, 0.05) is 22.8 Å². The number of aromatic nitrogens is 4. The van der Waals surface area contributed by atoms with E-state index in [4.69, 9.17) is 23.2 Å². The number of hydrogen-bond acceptors (Lipinski definition) is 3. The molecular weight excluding hydrogens is 452 g/mol. The van der Waals surface area contributed by atoms with Crippen LogP contribution in [-0.4, -0.2) is 25.5 Å². The van der Waals surface area contributed by atoms with E-state index >= 15 is 0 Å². The molecule has 0 saturated carbocycles. The normalized spacial score (nSPS) is 11.0. The molecule has 0 bridgehead atoms. The van der Waals surface area contributed by atoms with E-state index in [0.717, 1.165) is 22.5 Å². The summed E-state index contributed by atoms with van der Waals surface area (Å²) in [5.41, 5.74) is 3.81. The van der Waals surface area contributed by atoms with Crippen molar-refractivity contribution in [1.29, 1.82) is 0 Å². The summed E-state index contributed by atoms with van der Waals surface area (Å²) >= 11 is 12.3. The molecule has 4 aromatic rings. The number of carbonyl (C=O) groups is 1. The van der Waals surface area contributed by atoms with Crippen LogP contribution in [0.5, 0.6) is 0 Å². The lowest BCUT2D eigenvalue weighted by molar-refractivity contribution is 0.102. The molecule has 0 saturated heterocycles. The first kappa shape index (κ1) is 22.0. The minimum atomic E-state index is -0.393. The second kappa shape index (κ2) is 9.14. The molecule has 2 heterocycles. The second-order valence-corrected chi connectivity index (χ2v) is 8.22. The number of anilines is 1. The van der Waals surface area contributed by atoms with Gasteiger partial charge >= 0.3 is 0 Å². The van der Waals surface area contributed by atoms with E-state index in [9.17, 15) is 9.18 Å². The Kier molecular flexibility index (Phi) is 6.30. The smallest absolute Gasteiger partial charge is 0.256 e. The maximum atomic E-state index is 13.2. The highest BCUT2D eigenvalue weighted by Crippen LogP contribution is 2.21. The highest BCUT2D eigenvalue weighted by molar-refractivity contribution is 6.32. The molecule has 6 nitrogen and oxygen atoms in total. The van der Waals surface area contributed by atoms with Crippen molar-refractivity contribution in [2.24, 2.45) is 0 Å². The number of hydrogen-bond donors (Lipinski definition) is 1. The molecule has 0 aliphatic carbocycles. The summed E-state index contributed by atoms with van der Waals surface area (Å²) in [7, 11) is 0. The maximum absolute atomic E-state index is 13.2. The predicted molar refractivity (Wildman–Crippen MR) is 123 cm³/mol. The lowest BCUT2D eigenvalue weighted by Gasteiger charge is -2.08. The molecule has 32 heavy (non-hydrogen) atoms. The van der Waals surface area contributed by atoms with Crippen molar-refractivity contribution in [2.45, 2.75) is 26.9 Å². The van der Waals surface area contributed by atoms with E-state index < -0.39 is 5.82 Å². The molecule has 4 rings (SSSR count). The van der Waals surface area contributed by atoms with Gasteiger partial charge in [-0.3, -0.25) is 14.2 Å². The molecule has 0 aliphatic heterocycles. The van der Waals surface area contributed by atoms with Crippen LogP contribution >= 0.6 is 23.2 Å². The fourth-order valence-electron chi connectivity index (χ4n) is 3.34. The number of amides is 1. The fraction of sp³-hybridized carbons (Fsp3) is 0.174. The number of halogens is 3. The Morgan fingerprint density at radius 2 is 1.88 bits per heavy atom. The molecule has 0 spiro atoms. The van der Waals surface area contributed by atoms with E-state index in [-0.39, 0.29) is 5.91 Å². The van der Waals surface area contributed by atoms with Crippen molar-refractivity contribution in [3.63, 3.8) is 0 Å². The van der Waals surface area contributed by atoms with Gasteiger partial charge in [0.1, 0.15) is 5.82 Å². The number of benzene rings is 2. The number of carbonyl (C=O) groups excluding carboxylic acids is 1. The van der Waals surface area contributed by atoms with E-state index in [2.05, 4.69) is 15.5 Å². The molecule has 0 radical (unpaired) electrons. The van der Waals surface area contributed by atoms with Gasteiger partial charge in [-0.1, -0.05) is 41.4 Å². The van der Waals surface area contributed by atoms with E-state index in [1.165, 1.54) is 12.1 Å². The van der Waals surface area contributed by atoms with Crippen LogP contribution in [0.3, 0.4) is 0 Å². The van der Waals surface area contributed by atoms with E-state index in [1.54, 1.807) is 29.1 Å². The van der Waals surface area contributed by atoms with Crippen molar-refractivity contribution in [2.75, 3.05) is 5.32 Å². The Labute approximate surface area is 194 Å². The fourth-order valence-corrected chi connectivity index (χ4v) is 3.70. The minimum absolute atomic E-state index is 0.275. The standard InChI is InChI=1S/C23H20Cl2FN5O/c1-14-22(25)15(2)31(28-14)12-16-4-3-5-17(10-16)23(32)27-21-8-9-30(29-21)13-18-6-7-19(26)11-20(18)24/h3-11H,12-13H2,1-2H3,(H,27,29,32). The van der Waals surface area contributed by atoms with Gasteiger partial charge in [0.05, 0.1) is 29.5 Å². The Hall–Kier alpha value is -3.16. The summed E-state index contributed by atoms with van der Waals surface area (Å²) in [5, 5.41) is 12.6. The van der Waals surface area contributed by atoms with Crippen molar-refractivity contribution in [3.05, 3.63) is 98.7 Å². The molecule has 164 valence electrons. The molecule has 9 heteroatoms. The molecular formula is C23H20Cl2FN5O. The molecule has 0 atom stereocenters. The Bertz CT molecular complexity index is 1300. The van der Waals surface area contributed by atoms with Crippen LogP contribution in [0.4, 0.5) is 10.2 Å². The van der Waals surface area contributed by atoms with Gasteiger partial charge in [-0.05, 0) is 49.2 Å². The van der Waals surface area contributed by atoms with Gasteiger partial charge in [-0.15, -0.1) is 0 Å². The Morgan fingerprint density at radius 3 is 2.59 bits per heavy atom. The molecule has 0 aliphatic rings. The largest absolute Gasteiger partial charge is 0.305 e. The average Bonchev–Trinajstić information content (AvgIpc) is 3.30. The van der Waals surface area contributed by atoms with Gasteiger partial charge in [-0.25, -0.2) is 4.39 Å². The molecule has 0 unspecified atom stereocenters. The first-order valence-corrected chi connectivity index (χ1v) is 10.6. The van der Waals surface area contributed by atoms with Gasteiger partial charge in [0.2, 0.25) is 0 Å². The summed E-state index contributed by atoms with van der Waals surface area (Å²) < 4.78 is 16.7. The third kappa shape index (κ3) is 4.84. The highest BCUT2D eigenvalue weighted by atomic mass is 35.5. The maximum Gasteiger partial charge on any atom is 0.256 e. The molecule has 0 fully saturated rings. The van der Waals surface area contributed by atoms with Gasteiger partial charge in [0.25, 0.3) is 5.91 Å². The van der Waals surface area contributed by atoms with Crippen LogP contribution in [0.15, 0.2) is 54.7 Å². The summed E-state index contributed by atoms with van der Waals surface area (Å²) in [6.07, 6.45) is 1.72. The monoisotopic (exact) mass is 471 g/mol. The zero-order valence-electron chi connectivity index (χ0n) is 17.4. The number of nitrogens with zero attached hydrogens (tertiary/aromatic N) is 4. The first-order valence-electron chi connectivity index (χ1n) is 9.87. The topological polar surface area (TPSA) is 64.7 Å². The lowest BCUT2D eigenvalue weighted by Crippen LogP contribution is -2.14. The summed E-state index contributed by atoms with van der Waals surface area (Å²) in [4.78, 5) is 12.7. The van der Waals surface area contributed by atoms with Crippen LogP contribution in [0.1, 0.15) is 32.9 Å². The number of aryl methyl sites for hydroxylation is 1. The van der Waals surface area contributed by atoms with E-state index in [0.29, 0.717) is 34.5 Å². The van der Waals surface area contributed by atoms with Crippen molar-refractivity contribution >= 4 is 34.9 Å². The number of rotatable bonds is 6. The van der Waals surface area contributed by atoms with Crippen molar-refractivity contribution in [1.82, 2.24) is 19.6 Å². The summed E-state index contributed by atoms with van der Waals surface area (Å²) in [6, 6.07) is 13.2.